The van der Waals surface area contributed by atoms with Crippen molar-refractivity contribution in [2.24, 2.45) is 0 Å². The molecule has 1 saturated heterocycles. The first-order valence-electron chi connectivity index (χ1n) is 7.60. The van der Waals surface area contributed by atoms with E-state index in [1.54, 1.807) is 12.1 Å². The van der Waals surface area contributed by atoms with Gasteiger partial charge in [-0.05, 0) is 30.7 Å². The smallest absolute Gasteiger partial charge is 0.312 e. The van der Waals surface area contributed by atoms with Crippen LogP contribution < -0.4 is 5.32 Å². The van der Waals surface area contributed by atoms with Crippen LogP contribution in [0.3, 0.4) is 0 Å². The SMILES string of the molecule is C[C@H]1CN(Cc2ccc(-n3ccc(C(F)(F)F)n3)cc2)CCN1. The molecule has 2 heterocycles. The highest BCUT2D eigenvalue weighted by Crippen LogP contribution is 2.27. The third-order valence-corrected chi connectivity index (χ3v) is 3.94. The summed E-state index contributed by atoms with van der Waals surface area (Å²) < 4.78 is 39.0. The van der Waals surface area contributed by atoms with Gasteiger partial charge in [0.15, 0.2) is 5.69 Å². The third kappa shape index (κ3) is 3.92. The van der Waals surface area contributed by atoms with E-state index in [0.717, 1.165) is 37.8 Å². The Morgan fingerprint density at radius 2 is 1.96 bits per heavy atom. The van der Waals surface area contributed by atoms with Crippen LogP contribution in [-0.2, 0) is 12.7 Å². The number of rotatable bonds is 3. The molecule has 7 heteroatoms. The van der Waals surface area contributed by atoms with Gasteiger partial charge in [-0.2, -0.15) is 18.3 Å². The molecule has 1 atom stereocenters. The molecule has 1 aliphatic heterocycles. The fraction of sp³-hybridized carbons (Fsp3) is 0.438. The first kappa shape index (κ1) is 16.0. The van der Waals surface area contributed by atoms with Crippen molar-refractivity contribution in [1.29, 1.82) is 0 Å². The number of aromatic nitrogens is 2. The van der Waals surface area contributed by atoms with E-state index >= 15 is 0 Å². The molecule has 1 N–H and O–H groups in total. The van der Waals surface area contributed by atoms with E-state index in [4.69, 9.17) is 0 Å². The first-order valence-corrected chi connectivity index (χ1v) is 7.60. The van der Waals surface area contributed by atoms with Gasteiger partial charge in [0.25, 0.3) is 0 Å². The lowest BCUT2D eigenvalue weighted by molar-refractivity contribution is -0.141. The monoisotopic (exact) mass is 324 g/mol. The molecule has 1 aromatic carbocycles. The summed E-state index contributed by atoms with van der Waals surface area (Å²) in [4.78, 5) is 2.37. The topological polar surface area (TPSA) is 33.1 Å². The molecule has 0 unspecified atom stereocenters. The van der Waals surface area contributed by atoms with Crippen LogP contribution in [-0.4, -0.2) is 40.4 Å². The lowest BCUT2D eigenvalue weighted by Crippen LogP contribution is -2.48. The Morgan fingerprint density at radius 1 is 1.22 bits per heavy atom. The van der Waals surface area contributed by atoms with Gasteiger partial charge in [-0.1, -0.05) is 12.1 Å². The van der Waals surface area contributed by atoms with Gasteiger partial charge >= 0.3 is 6.18 Å². The number of nitrogens with one attached hydrogen (secondary N) is 1. The van der Waals surface area contributed by atoms with Gasteiger partial charge in [-0.25, -0.2) is 4.68 Å². The van der Waals surface area contributed by atoms with E-state index in [9.17, 15) is 13.2 Å². The maximum absolute atomic E-state index is 12.6. The van der Waals surface area contributed by atoms with Crippen LogP contribution >= 0.6 is 0 Å². The van der Waals surface area contributed by atoms with Crippen LogP contribution in [0, 0.1) is 0 Å². The number of piperazine rings is 1. The van der Waals surface area contributed by atoms with Gasteiger partial charge in [0.1, 0.15) is 0 Å². The second kappa shape index (κ2) is 6.33. The molecule has 0 amide bonds. The average Bonchev–Trinajstić information content (AvgIpc) is 2.98. The second-order valence-corrected chi connectivity index (χ2v) is 5.90. The minimum Gasteiger partial charge on any atom is -0.312 e. The molecule has 1 fully saturated rings. The quantitative estimate of drug-likeness (QED) is 0.942. The Labute approximate surface area is 132 Å². The molecule has 0 radical (unpaired) electrons. The number of alkyl halides is 3. The third-order valence-electron chi connectivity index (χ3n) is 3.94. The minimum absolute atomic E-state index is 0.480. The number of benzene rings is 1. The van der Waals surface area contributed by atoms with Crippen molar-refractivity contribution in [3.05, 3.63) is 47.8 Å². The Bertz CT molecular complexity index is 648. The van der Waals surface area contributed by atoms with Crippen LogP contribution in [0.5, 0.6) is 0 Å². The highest BCUT2D eigenvalue weighted by Gasteiger charge is 2.33. The molecule has 2 aromatic rings. The van der Waals surface area contributed by atoms with Crippen molar-refractivity contribution in [1.82, 2.24) is 20.0 Å². The maximum atomic E-state index is 12.6. The summed E-state index contributed by atoms with van der Waals surface area (Å²) >= 11 is 0. The van der Waals surface area contributed by atoms with Crippen LogP contribution in [0.25, 0.3) is 5.69 Å². The number of hydrogen-bond acceptors (Lipinski definition) is 3. The molecule has 0 saturated carbocycles. The van der Waals surface area contributed by atoms with Crippen LogP contribution in [0.1, 0.15) is 18.2 Å². The highest BCUT2D eigenvalue weighted by atomic mass is 19.4. The number of hydrogen-bond donors (Lipinski definition) is 1. The van der Waals surface area contributed by atoms with Crippen molar-refractivity contribution in [2.75, 3.05) is 19.6 Å². The van der Waals surface area contributed by atoms with Crippen LogP contribution in [0.2, 0.25) is 0 Å². The first-order chi connectivity index (χ1) is 10.9. The summed E-state index contributed by atoms with van der Waals surface area (Å²) in [6.07, 6.45) is -3.08. The van der Waals surface area contributed by atoms with Crippen molar-refractivity contribution in [3.8, 4) is 5.69 Å². The maximum Gasteiger partial charge on any atom is 0.435 e. The summed E-state index contributed by atoms with van der Waals surface area (Å²) in [6, 6.07) is 8.94. The van der Waals surface area contributed by atoms with Crippen molar-refractivity contribution in [3.63, 3.8) is 0 Å². The molecule has 1 aromatic heterocycles. The number of halogens is 3. The predicted octanol–water partition coefficient (Wildman–Crippen LogP) is 2.68. The zero-order valence-corrected chi connectivity index (χ0v) is 12.8. The molecular formula is C16H19F3N4. The van der Waals surface area contributed by atoms with Crippen LogP contribution in [0.4, 0.5) is 13.2 Å². The summed E-state index contributed by atoms with van der Waals surface area (Å²) in [5.41, 5.74) is 0.889. The van der Waals surface area contributed by atoms with E-state index < -0.39 is 11.9 Å². The molecule has 3 rings (SSSR count). The lowest BCUT2D eigenvalue weighted by Gasteiger charge is -2.31. The molecule has 1 aliphatic rings. The molecule has 0 bridgehead atoms. The molecular weight excluding hydrogens is 305 g/mol. The molecule has 4 nitrogen and oxygen atoms in total. The fourth-order valence-electron chi connectivity index (χ4n) is 2.79. The number of nitrogens with zero attached hydrogens (tertiary/aromatic N) is 3. The predicted molar refractivity (Wildman–Crippen MR) is 81.3 cm³/mol. The molecule has 23 heavy (non-hydrogen) atoms. The van der Waals surface area contributed by atoms with E-state index in [1.807, 2.05) is 12.1 Å². The summed E-state index contributed by atoms with van der Waals surface area (Å²) in [5.74, 6) is 0. The van der Waals surface area contributed by atoms with E-state index in [0.29, 0.717) is 11.7 Å². The van der Waals surface area contributed by atoms with Gasteiger partial charge in [0.05, 0.1) is 5.69 Å². The molecule has 0 aliphatic carbocycles. The van der Waals surface area contributed by atoms with Crippen molar-refractivity contribution < 1.29 is 13.2 Å². The van der Waals surface area contributed by atoms with Gasteiger partial charge in [0, 0.05) is 38.4 Å². The van der Waals surface area contributed by atoms with Gasteiger partial charge < -0.3 is 5.32 Å². The zero-order valence-electron chi connectivity index (χ0n) is 12.8. The molecule has 0 spiro atoms. The van der Waals surface area contributed by atoms with E-state index in [2.05, 4.69) is 22.2 Å². The summed E-state index contributed by atoms with van der Waals surface area (Å²) in [7, 11) is 0. The molecule has 124 valence electrons. The largest absolute Gasteiger partial charge is 0.435 e. The highest BCUT2D eigenvalue weighted by molar-refractivity contribution is 5.34. The minimum atomic E-state index is -4.41. The van der Waals surface area contributed by atoms with Gasteiger partial charge in [-0.15, -0.1) is 0 Å². The van der Waals surface area contributed by atoms with Crippen LogP contribution in [0.15, 0.2) is 36.5 Å². The normalized spacial score (nSPS) is 19.9. The lowest BCUT2D eigenvalue weighted by atomic mass is 10.1. The Kier molecular flexibility index (Phi) is 4.41. The Balaban J connectivity index is 1.68. The fourth-order valence-corrected chi connectivity index (χ4v) is 2.79. The van der Waals surface area contributed by atoms with E-state index in [1.165, 1.54) is 10.9 Å². The Morgan fingerprint density at radius 3 is 2.57 bits per heavy atom. The van der Waals surface area contributed by atoms with Crippen molar-refractivity contribution in [2.45, 2.75) is 25.7 Å². The van der Waals surface area contributed by atoms with Gasteiger partial charge in [-0.3, -0.25) is 4.90 Å². The Hall–Kier alpha value is -1.86. The standard InChI is InChI=1S/C16H19F3N4/c1-12-10-22(9-7-20-12)11-13-2-4-14(5-3-13)23-8-6-15(21-23)16(17,18)19/h2-6,8,12,20H,7,9-11H2,1H3/t12-/m0/s1. The summed E-state index contributed by atoms with van der Waals surface area (Å²) in [5, 5.41) is 6.98. The zero-order chi connectivity index (χ0) is 16.4. The average molecular weight is 324 g/mol. The van der Waals surface area contributed by atoms with Gasteiger partial charge in [0.2, 0.25) is 0 Å². The van der Waals surface area contributed by atoms with E-state index in [-0.39, 0.29) is 0 Å². The van der Waals surface area contributed by atoms with Crippen molar-refractivity contribution >= 4 is 0 Å². The summed E-state index contributed by atoms with van der Waals surface area (Å²) in [6.45, 7) is 5.98. The second-order valence-electron chi connectivity index (χ2n) is 5.90.